The SMILES string of the molecule is CC(Cc1ccc(F)cc1)Nc1nccnc1C#N. The second-order valence-corrected chi connectivity index (χ2v) is 4.24. The fourth-order valence-corrected chi connectivity index (χ4v) is 1.78. The van der Waals surface area contributed by atoms with Crippen LogP contribution in [0.2, 0.25) is 0 Å². The summed E-state index contributed by atoms with van der Waals surface area (Å²) < 4.78 is 12.8. The average Bonchev–Trinajstić information content (AvgIpc) is 2.42. The summed E-state index contributed by atoms with van der Waals surface area (Å²) in [5.74, 6) is 0.227. The Labute approximate surface area is 110 Å². The summed E-state index contributed by atoms with van der Waals surface area (Å²) >= 11 is 0. The van der Waals surface area contributed by atoms with Gasteiger partial charge in [-0.25, -0.2) is 14.4 Å². The van der Waals surface area contributed by atoms with E-state index in [2.05, 4.69) is 15.3 Å². The molecule has 0 aliphatic carbocycles. The number of benzene rings is 1. The third kappa shape index (κ3) is 3.49. The third-order valence-electron chi connectivity index (χ3n) is 2.64. The van der Waals surface area contributed by atoms with E-state index in [9.17, 15) is 4.39 Å². The van der Waals surface area contributed by atoms with Crippen LogP contribution in [0, 0.1) is 17.1 Å². The quantitative estimate of drug-likeness (QED) is 0.913. The molecule has 96 valence electrons. The first kappa shape index (κ1) is 13.0. The van der Waals surface area contributed by atoms with Crippen LogP contribution in [-0.4, -0.2) is 16.0 Å². The Balaban J connectivity index is 2.03. The molecule has 0 aliphatic heterocycles. The van der Waals surface area contributed by atoms with Crippen LogP contribution >= 0.6 is 0 Å². The maximum absolute atomic E-state index is 12.8. The van der Waals surface area contributed by atoms with Gasteiger partial charge in [0, 0.05) is 18.4 Å². The minimum atomic E-state index is -0.245. The number of nitrogens with zero attached hydrogens (tertiary/aromatic N) is 3. The van der Waals surface area contributed by atoms with Gasteiger partial charge in [-0.1, -0.05) is 12.1 Å². The van der Waals surface area contributed by atoms with Crippen LogP contribution in [-0.2, 0) is 6.42 Å². The molecule has 0 radical (unpaired) electrons. The molecule has 1 heterocycles. The Morgan fingerprint density at radius 2 is 1.95 bits per heavy atom. The van der Waals surface area contributed by atoms with E-state index < -0.39 is 0 Å². The lowest BCUT2D eigenvalue weighted by Crippen LogP contribution is -2.20. The van der Waals surface area contributed by atoms with Crippen LogP contribution in [0.3, 0.4) is 0 Å². The Kier molecular flexibility index (Phi) is 4.04. The maximum Gasteiger partial charge on any atom is 0.182 e. The molecule has 19 heavy (non-hydrogen) atoms. The molecule has 0 saturated carbocycles. The number of aromatic nitrogens is 2. The lowest BCUT2D eigenvalue weighted by atomic mass is 10.1. The van der Waals surface area contributed by atoms with Crippen LogP contribution in [0.4, 0.5) is 10.2 Å². The van der Waals surface area contributed by atoms with Gasteiger partial charge in [0.25, 0.3) is 0 Å². The zero-order valence-corrected chi connectivity index (χ0v) is 10.5. The Bertz CT molecular complexity index is 589. The van der Waals surface area contributed by atoms with Gasteiger partial charge in [-0.15, -0.1) is 0 Å². The molecule has 0 amide bonds. The predicted octanol–water partition coefficient (Wildman–Crippen LogP) is 2.53. The highest BCUT2D eigenvalue weighted by Gasteiger charge is 2.08. The molecule has 1 unspecified atom stereocenters. The number of halogens is 1. The van der Waals surface area contributed by atoms with Crippen molar-refractivity contribution in [2.75, 3.05) is 5.32 Å². The zero-order valence-electron chi connectivity index (χ0n) is 10.5. The first-order valence-electron chi connectivity index (χ1n) is 5.91. The van der Waals surface area contributed by atoms with E-state index >= 15 is 0 Å². The molecule has 0 bridgehead atoms. The Morgan fingerprint density at radius 1 is 1.26 bits per heavy atom. The number of hydrogen-bond donors (Lipinski definition) is 1. The molecule has 0 saturated heterocycles. The highest BCUT2D eigenvalue weighted by molar-refractivity contribution is 5.47. The molecule has 1 N–H and O–H groups in total. The fourth-order valence-electron chi connectivity index (χ4n) is 1.78. The first-order valence-corrected chi connectivity index (χ1v) is 5.91. The minimum absolute atomic E-state index is 0.0641. The van der Waals surface area contributed by atoms with Crippen molar-refractivity contribution < 1.29 is 4.39 Å². The number of nitrogens with one attached hydrogen (secondary N) is 1. The van der Waals surface area contributed by atoms with E-state index in [0.29, 0.717) is 12.2 Å². The van der Waals surface area contributed by atoms with E-state index in [1.807, 2.05) is 13.0 Å². The van der Waals surface area contributed by atoms with Crippen molar-refractivity contribution in [3.05, 3.63) is 53.7 Å². The molecule has 1 aromatic heterocycles. The number of rotatable bonds is 4. The molecule has 0 spiro atoms. The molecule has 4 nitrogen and oxygen atoms in total. The summed E-state index contributed by atoms with van der Waals surface area (Å²) in [7, 11) is 0. The third-order valence-corrected chi connectivity index (χ3v) is 2.64. The zero-order chi connectivity index (χ0) is 13.7. The van der Waals surface area contributed by atoms with Crippen LogP contribution in [0.1, 0.15) is 18.2 Å². The van der Waals surface area contributed by atoms with Crippen molar-refractivity contribution in [3.63, 3.8) is 0 Å². The van der Waals surface area contributed by atoms with Gasteiger partial charge in [-0.2, -0.15) is 5.26 Å². The average molecular weight is 256 g/mol. The van der Waals surface area contributed by atoms with Crippen molar-refractivity contribution in [2.24, 2.45) is 0 Å². The highest BCUT2D eigenvalue weighted by atomic mass is 19.1. The highest BCUT2D eigenvalue weighted by Crippen LogP contribution is 2.11. The monoisotopic (exact) mass is 256 g/mol. The van der Waals surface area contributed by atoms with Gasteiger partial charge in [-0.05, 0) is 31.0 Å². The van der Waals surface area contributed by atoms with E-state index in [1.165, 1.54) is 24.5 Å². The van der Waals surface area contributed by atoms with Gasteiger partial charge < -0.3 is 5.32 Å². The summed E-state index contributed by atoms with van der Waals surface area (Å²) in [5, 5.41) is 12.1. The van der Waals surface area contributed by atoms with Crippen LogP contribution in [0.15, 0.2) is 36.7 Å². The second-order valence-electron chi connectivity index (χ2n) is 4.24. The topological polar surface area (TPSA) is 61.6 Å². The smallest absolute Gasteiger partial charge is 0.182 e. The first-order chi connectivity index (χ1) is 9.19. The molecular weight excluding hydrogens is 243 g/mol. The largest absolute Gasteiger partial charge is 0.365 e. The number of hydrogen-bond acceptors (Lipinski definition) is 4. The van der Waals surface area contributed by atoms with Gasteiger partial charge in [0.05, 0.1) is 0 Å². The van der Waals surface area contributed by atoms with Gasteiger partial charge in [0.1, 0.15) is 11.9 Å². The molecule has 0 fully saturated rings. The summed E-state index contributed by atoms with van der Waals surface area (Å²) in [6.07, 6.45) is 3.73. The summed E-state index contributed by atoms with van der Waals surface area (Å²) in [6, 6.07) is 8.41. The Morgan fingerprint density at radius 3 is 2.63 bits per heavy atom. The molecule has 1 atom stereocenters. The molecule has 1 aromatic carbocycles. The molecule has 5 heteroatoms. The van der Waals surface area contributed by atoms with Crippen molar-refractivity contribution >= 4 is 5.82 Å². The standard InChI is InChI=1S/C14H13FN4/c1-10(8-11-2-4-12(15)5-3-11)19-14-13(9-16)17-6-7-18-14/h2-7,10H,8H2,1H3,(H,18,19). The van der Waals surface area contributed by atoms with Crippen molar-refractivity contribution in [1.29, 1.82) is 5.26 Å². The molecule has 2 rings (SSSR count). The maximum atomic E-state index is 12.8. The predicted molar refractivity (Wildman–Crippen MR) is 69.9 cm³/mol. The lowest BCUT2D eigenvalue weighted by Gasteiger charge is -2.14. The van der Waals surface area contributed by atoms with Crippen molar-refractivity contribution in [2.45, 2.75) is 19.4 Å². The van der Waals surface area contributed by atoms with E-state index in [-0.39, 0.29) is 17.6 Å². The molecule has 0 aliphatic rings. The normalized spacial score (nSPS) is 11.6. The minimum Gasteiger partial charge on any atom is -0.365 e. The van der Waals surface area contributed by atoms with E-state index in [1.54, 1.807) is 12.1 Å². The van der Waals surface area contributed by atoms with Gasteiger partial charge in [0.15, 0.2) is 11.5 Å². The lowest BCUT2D eigenvalue weighted by molar-refractivity contribution is 0.626. The number of nitriles is 1. The summed E-state index contributed by atoms with van der Waals surface area (Å²) in [4.78, 5) is 8.02. The fraction of sp³-hybridized carbons (Fsp3) is 0.214. The van der Waals surface area contributed by atoms with Crippen molar-refractivity contribution in [1.82, 2.24) is 9.97 Å². The van der Waals surface area contributed by atoms with Gasteiger partial charge in [0.2, 0.25) is 0 Å². The van der Waals surface area contributed by atoms with Crippen molar-refractivity contribution in [3.8, 4) is 6.07 Å². The molecule has 2 aromatic rings. The van der Waals surface area contributed by atoms with Crippen LogP contribution in [0.5, 0.6) is 0 Å². The summed E-state index contributed by atoms with van der Waals surface area (Å²) in [6.45, 7) is 1.97. The molecular formula is C14H13FN4. The summed E-state index contributed by atoms with van der Waals surface area (Å²) in [5.41, 5.74) is 1.29. The van der Waals surface area contributed by atoms with Crippen LogP contribution < -0.4 is 5.32 Å². The second kappa shape index (κ2) is 5.91. The van der Waals surface area contributed by atoms with E-state index in [0.717, 1.165) is 5.56 Å². The number of anilines is 1. The van der Waals surface area contributed by atoms with E-state index in [4.69, 9.17) is 5.26 Å². The Hall–Kier alpha value is -2.48. The van der Waals surface area contributed by atoms with Crippen LogP contribution in [0.25, 0.3) is 0 Å². The van der Waals surface area contributed by atoms with Gasteiger partial charge in [-0.3, -0.25) is 0 Å². The van der Waals surface area contributed by atoms with Gasteiger partial charge >= 0.3 is 0 Å².